The lowest BCUT2D eigenvalue weighted by Crippen LogP contribution is -2.03. The summed E-state index contributed by atoms with van der Waals surface area (Å²) >= 11 is 0. The van der Waals surface area contributed by atoms with Crippen molar-refractivity contribution in [1.82, 2.24) is 0 Å². The lowest BCUT2D eigenvalue weighted by Gasteiger charge is -2.14. The highest BCUT2D eigenvalue weighted by atomic mass is 16.5. The Morgan fingerprint density at radius 2 is 2.25 bits per heavy atom. The van der Waals surface area contributed by atoms with Crippen molar-refractivity contribution in [2.75, 3.05) is 7.11 Å². The lowest BCUT2D eigenvalue weighted by molar-refractivity contribution is 0.0663. The Balaban J connectivity index is 2.57. The van der Waals surface area contributed by atoms with E-state index in [0.29, 0.717) is 5.92 Å². The number of methoxy groups -OCH3 is 1. The summed E-state index contributed by atoms with van der Waals surface area (Å²) in [6.45, 7) is 4.35. The molecule has 1 unspecified atom stereocenters. The molecule has 0 fully saturated rings. The summed E-state index contributed by atoms with van der Waals surface area (Å²) in [7, 11) is 1.72. The molecular formula is C10H16O2. The summed E-state index contributed by atoms with van der Waals surface area (Å²) in [6.07, 6.45) is 2.80. The zero-order valence-electron chi connectivity index (χ0n) is 7.91. The molecule has 2 heteroatoms. The van der Waals surface area contributed by atoms with E-state index in [2.05, 4.69) is 13.8 Å². The summed E-state index contributed by atoms with van der Waals surface area (Å²) in [5.74, 6) is 1.55. The maximum absolute atomic E-state index is 5.31. The van der Waals surface area contributed by atoms with E-state index >= 15 is 0 Å². The Bertz CT molecular complexity index is 202. The number of rotatable bonds is 4. The van der Waals surface area contributed by atoms with Gasteiger partial charge in [-0.05, 0) is 24.5 Å². The van der Waals surface area contributed by atoms with Crippen molar-refractivity contribution in [3.05, 3.63) is 24.2 Å². The molecule has 0 radical (unpaired) electrons. The molecule has 0 bridgehead atoms. The number of furan rings is 1. The van der Waals surface area contributed by atoms with Gasteiger partial charge in [0.25, 0.3) is 0 Å². The summed E-state index contributed by atoms with van der Waals surface area (Å²) < 4.78 is 10.6. The third-order valence-electron chi connectivity index (χ3n) is 1.83. The van der Waals surface area contributed by atoms with Crippen molar-refractivity contribution >= 4 is 0 Å². The van der Waals surface area contributed by atoms with Gasteiger partial charge in [-0.2, -0.15) is 0 Å². The Kier molecular flexibility index (Phi) is 3.35. The van der Waals surface area contributed by atoms with E-state index in [9.17, 15) is 0 Å². The van der Waals surface area contributed by atoms with E-state index in [0.717, 1.165) is 12.2 Å². The van der Waals surface area contributed by atoms with Crippen LogP contribution in [0.25, 0.3) is 0 Å². The van der Waals surface area contributed by atoms with Crippen LogP contribution in [0.1, 0.15) is 32.1 Å². The van der Waals surface area contributed by atoms with Crippen LogP contribution in [0.15, 0.2) is 22.8 Å². The smallest absolute Gasteiger partial charge is 0.132 e. The molecule has 1 heterocycles. The lowest BCUT2D eigenvalue weighted by atomic mass is 10.0. The Morgan fingerprint density at radius 1 is 1.50 bits per heavy atom. The van der Waals surface area contributed by atoms with Crippen LogP contribution in [0, 0.1) is 5.92 Å². The van der Waals surface area contributed by atoms with E-state index in [1.54, 1.807) is 13.4 Å². The third-order valence-corrected chi connectivity index (χ3v) is 1.83. The molecule has 0 saturated carbocycles. The van der Waals surface area contributed by atoms with Crippen LogP contribution in [-0.4, -0.2) is 7.11 Å². The molecule has 0 spiro atoms. The van der Waals surface area contributed by atoms with Gasteiger partial charge in [-0.1, -0.05) is 13.8 Å². The van der Waals surface area contributed by atoms with E-state index in [1.165, 1.54) is 0 Å². The second kappa shape index (κ2) is 4.31. The molecule has 0 aliphatic rings. The molecule has 1 rings (SSSR count). The predicted molar refractivity (Wildman–Crippen MR) is 47.9 cm³/mol. The van der Waals surface area contributed by atoms with Crippen LogP contribution < -0.4 is 0 Å². The highest BCUT2D eigenvalue weighted by Gasteiger charge is 2.14. The van der Waals surface area contributed by atoms with Crippen molar-refractivity contribution in [2.24, 2.45) is 5.92 Å². The molecule has 0 aliphatic heterocycles. The third kappa shape index (κ3) is 2.38. The number of hydrogen-bond donors (Lipinski definition) is 0. The van der Waals surface area contributed by atoms with Crippen LogP contribution >= 0.6 is 0 Å². The van der Waals surface area contributed by atoms with Crippen molar-refractivity contribution in [3.63, 3.8) is 0 Å². The van der Waals surface area contributed by atoms with Gasteiger partial charge < -0.3 is 9.15 Å². The highest BCUT2D eigenvalue weighted by Crippen LogP contribution is 2.24. The molecular weight excluding hydrogens is 152 g/mol. The largest absolute Gasteiger partial charge is 0.467 e. The van der Waals surface area contributed by atoms with Gasteiger partial charge in [-0.15, -0.1) is 0 Å². The fourth-order valence-corrected chi connectivity index (χ4v) is 1.23. The van der Waals surface area contributed by atoms with Gasteiger partial charge in [-0.25, -0.2) is 0 Å². The average Bonchev–Trinajstić information content (AvgIpc) is 2.51. The van der Waals surface area contributed by atoms with Gasteiger partial charge in [0.15, 0.2) is 0 Å². The molecule has 68 valence electrons. The van der Waals surface area contributed by atoms with Crippen molar-refractivity contribution in [2.45, 2.75) is 26.4 Å². The van der Waals surface area contributed by atoms with Crippen molar-refractivity contribution in [1.29, 1.82) is 0 Å². The first-order valence-electron chi connectivity index (χ1n) is 4.30. The Morgan fingerprint density at radius 3 is 2.67 bits per heavy atom. The molecule has 0 amide bonds. The quantitative estimate of drug-likeness (QED) is 0.689. The average molecular weight is 168 g/mol. The summed E-state index contributed by atoms with van der Waals surface area (Å²) in [6, 6.07) is 3.85. The molecule has 1 aromatic heterocycles. The molecule has 1 aromatic rings. The number of hydrogen-bond acceptors (Lipinski definition) is 2. The van der Waals surface area contributed by atoms with Crippen LogP contribution in [-0.2, 0) is 4.74 Å². The SMILES string of the molecule is COC(CC(C)C)c1ccco1. The van der Waals surface area contributed by atoms with Crippen molar-refractivity contribution < 1.29 is 9.15 Å². The van der Waals surface area contributed by atoms with Crippen LogP contribution in [0.5, 0.6) is 0 Å². The predicted octanol–water partition coefficient (Wildman–Crippen LogP) is 3.01. The van der Waals surface area contributed by atoms with E-state index in [-0.39, 0.29) is 6.10 Å². The molecule has 0 aromatic carbocycles. The summed E-state index contributed by atoms with van der Waals surface area (Å²) in [4.78, 5) is 0. The standard InChI is InChI=1S/C10H16O2/c1-8(2)7-10(11-3)9-5-4-6-12-9/h4-6,8,10H,7H2,1-3H3. The maximum Gasteiger partial charge on any atom is 0.132 e. The normalized spacial score (nSPS) is 13.7. The fourth-order valence-electron chi connectivity index (χ4n) is 1.23. The molecule has 0 saturated heterocycles. The summed E-state index contributed by atoms with van der Waals surface area (Å²) in [5, 5.41) is 0. The second-order valence-electron chi connectivity index (χ2n) is 3.37. The Labute approximate surface area is 73.5 Å². The van der Waals surface area contributed by atoms with Gasteiger partial charge >= 0.3 is 0 Å². The van der Waals surface area contributed by atoms with Crippen LogP contribution in [0.2, 0.25) is 0 Å². The topological polar surface area (TPSA) is 22.4 Å². The van der Waals surface area contributed by atoms with Crippen LogP contribution in [0.4, 0.5) is 0 Å². The fraction of sp³-hybridized carbons (Fsp3) is 0.600. The zero-order chi connectivity index (χ0) is 8.97. The van der Waals surface area contributed by atoms with Crippen molar-refractivity contribution in [3.8, 4) is 0 Å². The zero-order valence-corrected chi connectivity index (χ0v) is 7.91. The van der Waals surface area contributed by atoms with Gasteiger partial charge in [0.1, 0.15) is 11.9 Å². The monoisotopic (exact) mass is 168 g/mol. The number of ether oxygens (including phenoxy) is 1. The minimum Gasteiger partial charge on any atom is -0.467 e. The van der Waals surface area contributed by atoms with Crippen LogP contribution in [0.3, 0.4) is 0 Å². The first-order valence-corrected chi connectivity index (χ1v) is 4.30. The molecule has 12 heavy (non-hydrogen) atoms. The van der Waals surface area contributed by atoms with E-state index in [1.807, 2.05) is 12.1 Å². The summed E-state index contributed by atoms with van der Waals surface area (Å²) in [5.41, 5.74) is 0. The van der Waals surface area contributed by atoms with Gasteiger partial charge in [0, 0.05) is 7.11 Å². The second-order valence-corrected chi connectivity index (χ2v) is 3.37. The maximum atomic E-state index is 5.31. The first-order chi connectivity index (χ1) is 5.74. The van der Waals surface area contributed by atoms with Gasteiger partial charge in [0.05, 0.1) is 6.26 Å². The first kappa shape index (κ1) is 9.33. The highest BCUT2D eigenvalue weighted by molar-refractivity contribution is 5.02. The van der Waals surface area contributed by atoms with E-state index in [4.69, 9.17) is 9.15 Å². The minimum atomic E-state index is 0.111. The van der Waals surface area contributed by atoms with Gasteiger partial charge in [-0.3, -0.25) is 0 Å². The van der Waals surface area contributed by atoms with E-state index < -0.39 is 0 Å². The minimum absolute atomic E-state index is 0.111. The molecule has 0 aliphatic carbocycles. The Hall–Kier alpha value is -0.760. The molecule has 1 atom stereocenters. The molecule has 2 nitrogen and oxygen atoms in total. The molecule has 0 N–H and O–H groups in total. The van der Waals surface area contributed by atoms with Gasteiger partial charge in [0.2, 0.25) is 0 Å².